The summed E-state index contributed by atoms with van der Waals surface area (Å²) < 4.78 is 10.2. The van der Waals surface area contributed by atoms with Crippen LogP contribution in [0.4, 0.5) is 0 Å². The molecule has 2 fully saturated rings. The summed E-state index contributed by atoms with van der Waals surface area (Å²) >= 11 is 0. The van der Waals surface area contributed by atoms with E-state index in [1.165, 1.54) is 19.6 Å². The predicted molar refractivity (Wildman–Crippen MR) is 95.1 cm³/mol. The van der Waals surface area contributed by atoms with Crippen molar-refractivity contribution in [3.05, 3.63) is 36.3 Å². The SMILES string of the molecule is C=C1CC[C@@H]2[C@](C)(CCC[C@]2(C)C(=O)OC)[C@H]1CC(=O)c1ccoc1. The number of hydrogen-bond acceptors (Lipinski definition) is 4. The third-order valence-corrected chi connectivity index (χ3v) is 6.90. The number of hydrogen-bond donors (Lipinski definition) is 0. The lowest BCUT2D eigenvalue weighted by Crippen LogP contribution is -2.54. The van der Waals surface area contributed by atoms with Gasteiger partial charge in [-0.1, -0.05) is 25.5 Å². The monoisotopic (exact) mass is 344 g/mol. The van der Waals surface area contributed by atoms with Gasteiger partial charge in [0.2, 0.25) is 0 Å². The largest absolute Gasteiger partial charge is 0.472 e. The fraction of sp³-hybridized carbons (Fsp3) is 0.619. The van der Waals surface area contributed by atoms with Gasteiger partial charge >= 0.3 is 5.97 Å². The second kappa shape index (κ2) is 6.47. The number of furan rings is 1. The van der Waals surface area contributed by atoms with E-state index >= 15 is 0 Å². The third-order valence-electron chi connectivity index (χ3n) is 6.90. The van der Waals surface area contributed by atoms with Gasteiger partial charge in [-0.15, -0.1) is 0 Å². The first-order chi connectivity index (χ1) is 11.8. The number of fused-ring (bicyclic) bond motifs is 1. The highest BCUT2D eigenvalue weighted by Crippen LogP contribution is 2.62. The lowest BCUT2D eigenvalue weighted by atomic mass is 9.46. The minimum atomic E-state index is -0.473. The molecule has 25 heavy (non-hydrogen) atoms. The molecular weight excluding hydrogens is 316 g/mol. The van der Waals surface area contributed by atoms with E-state index in [4.69, 9.17) is 9.15 Å². The number of methoxy groups -OCH3 is 1. The highest BCUT2D eigenvalue weighted by atomic mass is 16.5. The fourth-order valence-corrected chi connectivity index (χ4v) is 5.53. The Kier molecular flexibility index (Phi) is 4.65. The molecular formula is C21H28O4. The third kappa shape index (κ3) is 2.86. The second-order valence-corrected chi connectivity index (χ2v) is 8.21. The summed E-state index contributed by atoms with van der Waals surface area (Å²) in [5.74, 6) is 0.287. The van der Waals surface area contributed by atoms with Crippen molar-refractivity contribution < 1.29 is 18.7 Å². The van der Waals surface area contributed by atoms with Gasteiger partial charge in [0.05, 0.1) is 24.4 Å². The highest BCUT2D eigenvalue weighted by Gasteiger charge is 2.58. The van der Waals surface area contributed by atoms with E-state index in [0.717, 1.165) is 37.7 Å². The first-order valence-electron chi connectivity index (χ1n) is 9.14. The molecule has 1 aromatic heterocycles. The maximum Gasteiger partial charge on any atom is 0.311 e. The van der Waals surface area contributed by atoms with Gasteiger partial charge in [-0.3, -0.25) is 9.59 Å². The fourth-order valence-electron chi connectivity index (χ4n) is 5.53. The number of rotatable bonds is 4. The van der Waals surface area contributed by atoms with Crippen molar-refractivity contribution in [2.24, 2.45) is 22.7 Å². The summed E-state index contributed by atoms with van der Waals surface area (Å²) in [5, 5.41) is 0. The van der Waals surface area contributed by atoms with Gasteiger partial charge in [-0.2, -0.15) is 0 Å². The van der Waals surface area contributed by atoms with Crippen LogP contribution in [-0.2, 0) is 9.53 Å². The van der Waals surface area contributed by atoms with E-state index < -0.39 is 5.41 Å². The molecule has 1 aromatic rings. The molecule has 4 nitrogen and oxygen atoms in total. The Bertz CT molecular complexity index is 674. The molecule has 2 saturated carbocycles. The highest BCUT2D eigenvalue weighted by molar-refractivity contribution is 5.96. The van der Waals surface area contributed by atoms with Crippen LogP contribution in [0.25, 0.3) is 0 Å². The molecule has 0 unspecified atom stereocenters. The van der Waals surface area contributed by atoms with Crippen molar-refractivity contribution in [3.8, 4) is 0 Å². The van der Waals surface area contributed by atoms with Crippen molar-refractivity contribution in [1.29, 1.82) is 0 Å². The molecule has 0 aliphatic heterocycles. The molecule has 4 heteroatoms. The Morgan fingerprint density at radius 1 is 1.36 bits per heavy atom. The van der Waals surface area contributed by atoms with Gasteiger partial charge in [0.1, 0.15) is 6.26 Å². The Balaban J connectivity index is 1.91. The van der Waals surface area contributed by atoms with E-state index in [1.807, 2.05) is 6.92 Å². The second-order valence-electron chi connectivity index (χ2n) is 8.21. The van der Waals surface area contributed by atoms with Crippen LogP contribution in [0.1, 0.15) is 62.7 Å². The van der Waals surface area contributed by atoms with Crippen LogP contribution in [0.5, 0.6) is 0 Å². The van der Waals surface area contributed by atoms with Crippen LogP contribution < -0.4 is 0 Å². The molecule has 0 amide bonds. The molecule has 0 spiro atoms. The summed E-state index contributed by atoms with van der Waals surface area (Å²) in [4.78, 5) is 25.3. The number of esters is 1. The molecule has 0 N–H and O–H groups in total. The quantitative estimate of drug-likeness (QED) is 0.447. The Morgan fingerprint density at radius 2 is 2.12 bits per heavy atom. The van der Waals surface area contributed by atoms with Gasteiger partial charge in [0.15, 0.2) is 5.78 Å². The lowest BCUT2D eigenvalue weighted by molar-refractivity contribution is -0.167. The molecule has 0 bridgehead atoms. The van der Waals surface area contributed by atoms with Gasteiger partial charge in [-0.05, 0) is 55.9 Å². The topological polar surface area (TPSA) is 56.5 Å². The molecule has 0 aromatic carbocycles. The molecule has 1 heterocycles. The van der Waals surface area contributed by atoms with Crippen molar-refractivity contribution in [1.82, 2.24) is 0 Å². The summed E-state index contributed by atoms with van der Waals surface area (Å²) in [5.41, 5.74) is 1.18. The Morgan fingerprint density at radius 3 is 2.76 bits per heavy atom. The van der Waals surface area contributed by atoms with Crippen LogP contribution in [-0.4, -0.2) is 18.9 Å². The van der Waals surface area contributed by atoms with Crippen molar-refractivity contribution in [3.63, 3.8) is 0 Å². The lowest BCUT2D eigenvalue weighted by Gasteiger charge is -2.57. The molecule has 2 aliphatic carbocycles. The van der Waals surface area contributed by atoms with Crippen LogP contribution in [0.15, 0.2) is 35.2 Å². The Hall–Kier alpha value is -1.84. The zero-order chi connectivity index (χ0) is 18.2. The summed E-state index contributed by atoms with van der Waals surface area (Å²) in [6.07, 6.45) is 8.13. The maximum absolute atomic E-state index is 12.7. The van der Waals surface area contributed by atoms with E-state index in [1.54, 1.807) is 6.07 Å². The summed E-state index contributed by atoms with van der Waals surface area (Å²) in [6.45, 7) is 8.58. The van der Waals surface area contributed by atoms with Crippen LogP contribution in [0.3, 0.4) is 0 Å². The number of allylic oxidation sites excluding steroid dienone is 1. The first-order valence-corrected chi connectivity index (χ1v) is 9.14. The molecule has 4 atom stereocenters. The van der Waals surface area contributed by atoms with Crippen LogP contribution in [0, 0.1) is 22.7 Å². The molecule has 3 rings (SSSR count). The normalized spacial score (nSPS) is 35.1. The maximum atomic E-state index is 12.7. The smallest absolute Gasteiger partial charge is 0.311 e. The predicted octanol–water partition coefficient (Wildman–Crippen LogP) is 4.80. The standard InChI is InChI=1S/C21H28O4/c1-14-6-7-18-20(2,9-5-10-21(18,3)19(23)24-4)16(14)12-17(22)15-8-11-25-13-15/h8,11,13,16,18H,1,5-7,9-10,12H2,2-4H3/t16-,18+,20+,21-/m0/s1. The number of ether oxygens (including phenoxy) is 1. The van der Waals surface area contributed by atoms with E-state index in [0.29, 0.717) is 12.0 Å². The van der Waals surface area contributed by atoms with Gasteiger partial charge in [-0.25, -0.2) is 0 Å². The zero-order valence-corrected chi connectivity index (χ0v) is 15.5. The number of Topliss-reactive ketones (excluding diaryl/α,β-unsaturated/α-hetero) is 1. The van der Waals surface area contributed by atoms with Gasteiger partial charge < -0.3 is 9.15 Å². The molecule has 0 saturated heterocycles. The van der Waals surface area contributed by atoms with Gasteiger partial charge in [0, 0.05) is 6.42 Å². The minimum Gasteiger partial charge on any atom is -0.472 e. The van der Waals surface area contributed by atoms with Gasteiger partial charge in [0.25, 0.3) is 0 Å². The van der Waals surface area contributed by atoms with E-state index in [2.05, 4.69) is 13.5 Å². The summed E-state index contributed by atoms with van der Waals surface area (Å²) in [6, 6.07) is 1.72. The van der Waals surface area contributed by atoms with E-state index in [9.17, 15) is 9.59 Å². The van der Waals surface area contributed by atoms with Crippen molar-refractivity contribution >= 4 is 11.8 Å². The number of ketones is 1. The average Bonchev–Trinajstić information content (AvgIpc) is 3.11. The number of carbonyl (C=O) groups is 2. The Labute approximate surface area is 149 Å². The van der Waals surface area contributed by atoms with Crippen LogP contribution >= 0.6 is 0 Å². The molecule has 136 valence electrons. The molecule has 0 radical (unpaired) electrons. The summed E-state index contributed by atoms with van der Waals surface area (Å²) in [7, 11) is 1.47. The van der Waals surface area contributed by atoms with Crippen molar-refractivity contribution in [2.45, 2.75) is 52.4 Å². The minimum absolute atomic E-state index is 0.0899. The van der Waals surface area contributed by atoms with Crippen LogP contribution in [0.2, 0.25) is 0 Å². The first kappa shape index (κ1) is 18.0. The zero-order valence-electron chi connectivity index (χ0n) is 15.5. The van der Waals surface area contributed by atoms with E-state index in [-0.39, 0.29) is 29.0 Å². The van der Waals surface area contributed by atoms with Crippen molar-refractivity contribution in [2.75, 3.05) is 7.11 Å². The average molecular weight is 344 g/mol. The molecule has 2 aliphatic rings. The number of carbonyl (C=O) groups excluding carboxylic acids is 2.